The van der Waals surface area contributed by atoms with E-state index in [1.165, 1.54) is 0 Å². The lowest BCUT2D eigenvalue weighted by molar-refractivity contribution is -0.298. The van der Waals surface area contributed by atoms with Gasteiger partial charge in [0.1, 0.15) is 0 Å². The van der Waals surface area contributed by atoms with Crippen molar-refractivity contribution in [1.82, 2.24) is 10.2 Å². The van der Waals surface area contributed by atoms with Crippen molar-refractivity contribution in [2.75, 3.05) is 0 Å². The number of rotatable bonds is 5. The standard InChI is InChI=1S/C21H16N2O3S/c1-2-19-22-23-21(26-19)27-18(20(24)25)12-17-15-9-5-3-7-13(15)11-14-8-4-6-10-16(14)17/h3-12H,2H2,1H3,(H,24,25)/p-1/b18-12-. The zero-order chi connectivity index (χ0) is 18.8. The third-order valence-corrected chi connectivity index (χ3v) is 5.08. The number of carbonyl (C=O) groups is 1. The van der Waals surface area contributed by atoms with Crippen LogP contribution in [0.5, 0.6) is 0 Å². The van der Waals surface area contributed by atoms with Crippen LogP contribution in [0.25, 0.3) is 27.6 Å². The van der Waals surface area contributed by atoms with Gasteiger partial charge in [-0.15, -0.1) is 10.2 Å². The molecule has 0 amide bonds. The number of carbonyl (C=O) groups excluding carboxylic acids is 1. The maximum atomic E-state index is 11.8. The molecular formula is C21H15N2O3S-. The van der Waals surface area contributed by atoms with Crippen LogP contribution in [-0.2, 0) is 11.2 Å². The highest BCUT2D eigenvalue weighted by Crippen LogP contribution is 2.33. The van der Waals surface area contributed by atoms with Gasteiger partial charge in [-0.3, -0.25) is 0 Å². The number of benzene rings is 3. The molecule has 27 heavy (non-hydrogen) atoms. The minimum absolute atomic E-state index is 0.0165. The maximum absolute atomic E-state index is 11.8. The van der Waals surface area contributed by atoms with Gasteiger partial charge >= 0.3 is 0 Å². The second-order valence-corrected chi connectivity index (χ2v) is 6.94. The Kier molecular flexibility index (Phi) is 4.64. The van der Waals surface area contributed by atoms with Gasteiger partial charge in [0.2, 0.25) is 5.89 Å². The molecule has 0 spiro atoms. The summed E-state index contributed by atoms with van der Waals surface area (Å²) in [6.07, 6.45) is 2.21. The lowest BCUT2D eigenvalue weighted by atomic mass is 9.96. The minimum atomic E-state index is -1.28. The summed E-state index contributed by atoms with van der Waals surface area (Å²) in [6, 6.07) is 17.9. The predicted octanol–water partition coefficient (Wildman–Crippen LogP) is 3.82. The largest absolute Gasteiger partial charge is 0.544 e. The van der Waals surface area contributed by atoms with Crippen LogP contribution in [0.1, 0.15) is 18.4 Å². The van der Waals surface area contributed by atoms with Gasteiger partial charge in [0.15, 0.2) is 0 Å². The van der Waals surface area contributed by atoms with Crippen molar-refractivity contribution < 1.29 is 14.3 Å². The number of aryl methyl sites for hydroxylation is 1. The molecule has 0 bridgehead atoms. The first-order chi connectivity index (χ1) is 13.2. The molecule has 0 saturated heterocycles. The topological polar surface area (TPSA) is 79.0 Å². The summed E-state index contributed by atoms with van der Waals surface area (Å²) in [6.45, 7) is 1.89. The summed E-state index contributed by atoms with van der Waals surface area (Å²) >= 11 is 0.904. The van der Waals surface area contributed by atoms with Gasteiger partial charge in [-0.25, -0.2) is 0 Å². The lowest BCUT2D eigenvalue weighted by Gasteiger charge is -2.11. The average molecular weight is 375 g/mol. The molecule has 3 aromatic carbocycles. The van der Waals surface area contributed by atoms with E-state index in [4.69, 9.17) is 4.42 Å². The molecule has 0 aliphatic rings. The number of hydrogen-bond acceptors (Lipinski definition) is 6. The Morgan fingerprint density at radius 1 is 1.07 bits per heavy atom. The van der Waals surface area contributed by atoms with E-state index in [1.807, 2.05) is 55.5 Å². The quantitative estimate of drug-likeness (QED) is 0.300. The molecule has 0 saturated carbocycles. The third-order valence-electron chi connectivity index (χ3n) is 4.24. The number of hydrogen-bond donors (Lipinski definition) is 0. The summed E-state index contributed by atoms with van der Waals surface area (Å²) in [5.74, 6) is -0.820. The van der Waals surface area contributed by atoms with Crippen LogP contribution in [0.15, 0.2) is 69.1 Å². The molecule has 0 aliphatic carbocycles. The first-order valence-electron chi connectivity index (χ1n) is 8.49. The molecular weight excluding hydrogens is 360 g/mol. The Labute approximate surface area is 159 Å². The molecule has 134 valence electrons. The van der Waals surface area contributed by atoms with Crippen molar-refractivity contribution in [2.45, 2.75) is 18.6 Å². The molecule has 5 nitrogen and oxygen atoms in total. The van der Waals surface area contributed by atoms with E-state index in [2.05, 4.69) is 16.3 Å². The second-order valence-electron chi connectivity index (χ2n) is 5.95. The number of carboxylic acids is 1. The molecule has 0 fully saturated rings. The van der Waals surface area contributed by atoms with Crippen molar-refractivity contribution in [3.63, 3.8) is 0 Å². The summed E-state index contributed by atoms with van der Waals surface area (Å²) in [4.78, 5) is 11.8. The van der Waals surface area contributed by atoms with E-state index in [0.717, 1.165) is 38.9 Å². The SMILES string of the molecule is CCc1nnc(S/C(=C\c2c3ccccc3cc3ccccc23)C(=O)[O-])o1. The summed E-state index contributed by atoms with van der Waals surface area (Å²) in [5.41, 5.74) is 0.825. The van der Waals surface area contributed by atoms with Crippen molar-refractivity contribution in [3.8, 4) is 0 Å². The predicted molar refractivity (Wildman–Crippen MR) is 104 cm³/mol. The maximum Gasteiger partial charge on any atom is 0.281 e. The van der Waals surface area contributed by atoms with Gasteiger partial charge in [0, 0.05) is 11.3 Å². The highest BCUT2D eigenvalue weighted by atomic mass is 32.2. The van der Waals surface area contributed by atoms with Gasteiger partial charge in [-0.2, -0.15) is 0 Å². The van der Waals surface area contributed by atoms with Crippen molar-refractivity contribution in [1.29, 1.82) is 0 Å². The minimum Gasteiger partial charge on any atom is -0.544 e. The zero-order valence-electron chi connectivity index (χ0n) is 14.5. The fourth-order valence-electron chi connectivity index (χ4n) is 2.98. The molecule has 0 radical (unpaired) electrons. The molecule has 4 rings (SSSR count). The summed E-state index contributed by atoms with van der Waals surface area (Å²) < 4.78 is 5.43. The van der Waals surface area contributed by atoms with Gasteiger partial charge in [-0.1, -0.05) is 55.5 Å². The van der Waals surface area contributed by atoms with E-state index < -0.39 is 5.97 Å². The Morgan fingerprint density at radius 2 is 1.70 bits per heavy atom. The van der Waals surface area contributed by atoms with Crippen LogP contribution in [0.3, 0.4) is 0 Å². The molecule has 4 aromatic rings. The molecule has 1 heterocycles. The molecule has 0 aliphatic heterocycles. The number of aliphatic carboxylic acids is 1. The van der Waals surface area contributed by atoms with Crippen molar-refractivity contribution >= 4 is 45.4 Å². The summed E-state index contributed by atoms with van der Waals surface area (Å²) in [7, 11) is 0. The van der Waals surface area contributed by atoms with E-state index >= 15 is 0 Å². The monoisotopic (exact) mass is 375 g/mol. The van der Waals surface area contributed by atoms with Crippen LogP contribution in [0, 0.1) is 0 Å². The third kappa shape index (κ3) is 3.44. The lowest BCUT2D eigenvalue weighted by Crippen LogP contribution is -2.23. The smallest absolute Gasteiger partial charge is 0.281 e. The van der Waals surface area contributed by atoms with Gasteiger partial charge < -0.3 is 14.3 Å². The number of aromatic nitrogens is 2. The first-order valence-corrected chi connectivity index (χ1v) is 9.31. The zero-order valence-corrected chi connectivity index (χ0v) is 15.3. The average Bonchev–Trinajstić information content (AvgIpc) is 3.14. The first kappa shape index (κ1) is 17.3. The number of carboxylic acid groups (broad SMARTS) is 1. The molecule has 1 aromatic heterocycles. The fraction of sp³-hybridized carbons (Fsp3) is 0.0952. The van der Waals surface area contributed by atoms with Crippen LogP contribution in [-0.4, -0.2) is 16.2 Å². The number of thioether (sulfide) groups is 1. The highest BCUT2D eigenvalue weighted by molar-refractivity contribution is 8.03. The van der Waals surface area contributed by atoms with E-state index in [0.29, 0.717) is 12.3 Å². The van der Waals surface area contributed by atoms with Gasteiger partial charge in [0.25, 0.3) is 5.22 Å². The second kappa shape index (κ2) is 7.25. The normalized spacial score (nSPS) is 12.0. The van der Waals surface area contributed by atoms with Crippen LogP contribution in [0.4, 0.5) is 0 Å². The van der Waals surface area contributed by atoms with Crippen molar-refractivity contribution in [2.24, 2.45) is 0 Å². The summed E-state index contributed by atoms with van der Waals surface area (Å²) in [5, 5.41) is 23.7. The number of nitrogens with zero attached hydrogens (tertiary/aromatic N) is 2. The molecule has 0 N–H and O–H groups in total. The molecule has 0 unspecified atom stereocenters. The Hall–Kier alpha value is -3.12. The van der Waals surface area contributed by atoms with E-state index in [-0.39, 0.29) is 10.1 Å². The molecule has 6 heteroatoms. The van der Waals surface area contributed by atoms with Crippen LogP contribution < -0.4 is 5.11 Å². The molecule has 0 atom stereocenters. The van der Waals surface area contributed by atoms with Crippen LogP contribution >= 0.6 is 11.8 Å². The van der Waals surface area contributed by atoms with E-state index in [1.54, 1.807) is 6.08 Å². The fourth-order valence-corrected chi connectivity index (χ4v) is 3.65. The van der Waals surface area contributed by atoms with Crippen LogP contribution in [0.2, 0.25) is 0 Å². The highest BCUT2D eigenvalue weighted by Gasteiger charge is 2.12. The Balaban J connectivity index is 1.90. The number of fused-ring (bicyclic) bond motifs is 2. The van der Waals surface area contributed by atoms with Gasteiger partial charge in [0.05, 0.1) is 5.97 Å². The Morgan fingerprint density at radius 3 is 2.26 bits per heavy atom. The Bertz CT molecular complexity index is 1130. The van der Waals surface area contributed by atoms with Crippen molar-refractivity contribution in [3.05, 3.63) is 71.0 Å². The van der Waals surface area contributed by atoms with E-state index in [9.17, 15) is 9.90 Å². The van der Waals surface area contributed by atoms with Gasteiger partial charge in [-0.05, 0) is 51.0 Å².